The summed E-state index contributed by atoms with van der Waals surface area (Å²) in [5.41, 5.74) is 7.37. The molecule has 1 aromatic carbocycles. The number of benzene rings is 1. The van der Waals surface area contributed by atoms with Crippen molar-refractivity contribution in [1.29, 1.82) is 0 Å². The maximum Gasteiger partial charge on any atom is 0.198 e. The van der Waals surface area contributed by atoms with Crippen LogP contribution in [0.1, 0.15) is 17.1 Å². The van der Waals surface area contributed by atoms with E-state index >= 15 is 0 Å². The fourth-order valence-corrected chi connectivity index (χ4v) is 1.48. The summed E-state index contributed by atoms with van der Waals surface area (Å²) in [5, 5.41) is 9.14. The monoisotopic (exact) mass is 218 g/mol. The van der Waals surface area contributed by atoms with Crippen LogP contribution in [0.15, 0.2) is 34.9 Å². The summed E-state index contributed by atoms with van der Waals surface area (Å²) in [6.45, 7) is 0.575. The second kappa shape index (κ2) is 4.81. The third kappa shape index (κ3) is 2.61. The summed E-state index contributed by atoms with van der Waals surface area (Å²) in [4.78, 5) is 4.31. The first-order valence-electron chi connectivity index (χ1n) is 5.19. The highest BCUT2D eigenvalue weighted by Crippen LogP contribution is 2.13. The Kier molecular flexibility index (Phi) is 3.22. The number of aromatic hydroxyl groups is 1. The van der Waals surface area contributed by atoms with E-state index in [1.54, 1.807) is 18.4 Å². The Labute approximate surface area is 93.7 Å². The van der Waals surface area contributed by atoms with E-state index in [-0.39, 0.29) is 5.75 Å². The predicted octanol–water partition coefficient (Wildman–Crippen LogP) is 1.47. The molecule has 0 radical (unpaired) electrons. The highest BCUT2D eigenvalue weighted by Gasteiger charge is 2.04. The topological polar surface area (TPSA) is 72.3 Å². The van der Waals surface area contributed by atoms with Crippen LogP contribution in [-0.2, 0) is 12.8 Å². The van der Waals surface area contributed by atoms with Crippen molar-refractivity contribution in [3.63, 3.8) is 0 Å². The van der Waals surface area contributed by atoms with E-state index < -0.39 is 0 Å². The zero-order valence-electron chi connectivity index (χ0n) is 8.89. The first-order chi connectivity index (χ1) is 7.78. The molecule has 0 aliphatic rings. The van der Waals surface area contributed by atoms with Gasteiger partial charge in [-0.25, -0.2) is 4.98 Å². The van der Waals surface area contributed by atoms with Crippen molar-refractivity contribution in [2.75, 3.05) is 6.54 Å². The number of rotatable bonds is 4. The van der Waals surface area contributed by atoms with Gasteiger partial charge in [0.1, 0.15) is 12.0 Å². The largest absolute Gasteiger partial charge is 0.508 e. The lowest BCUT2D eigenvalue weighted by molar-refractivity contribution is 0.474. The predicted molar refractivity (Wildman–Crippen MR) is 60.2 cm³/mol. The zero-order chi connectivity index (χ0) is 11.4. The third-order valence-electron chi connectivity index (χ3n) is 2.29. The second-order valence-electron chi connectivity index (χ2n) is 3.61. The Morgan fingerprint density at radius 1 is 1.25 bits per heavy atom. The van der Waals surface area contributed by atoms with E-state index in [2.05, 4.69) is 4.98 Å². The molecule has 0 atom stereocenters. The molecule has 4 nitrogen and oxygen atoms in total. The van der Waals surface area contributed by atoms with Gasteiger partial charge in [0.25, 0.3) is 0 Å². The van der Waals surface area contributed by atoms with E-state index in [4.69, 9.17) is 15.3 Å². The molecule has 0 saturated heterocycles. The van der Waals surface area contributed by atoms with Gasteiger partial charge in [0.05, 0.1) is 5.69 Å². The van der Waals surface area contributed by atoms with Gasteiger partial charge in [-0.2, -0.15) is 0 Å². The number of nitrogens with zero attached hydrogens (tertiary/aromatic N) is 1. The van der Waals surface area contributed by atoms with Crippen molar-refractivity contribution in [2.24, 2.45) is 5.73 Å². The van der Waals surface area contributed by atoms with Crippen molar-refractivity contribution in [1.82, 2.24) is 4.98 Å². The molecule has 0 saturated carbocycles. The SMILES string of the molecule is NCCc1coc(Cc2ccc(O)cc2)n1. The average molecular weight is 218 g/mol. The third-order valence-corrected chi connectivity index (χ3v) is 2.29. The second-order valence-corrected chi connectivity index (χ2v) is 3.61. The van der Waals surface area contributed by atoms with Crippen molar-refractivity contribution < 1.29 is 9.52 Å². The molecule has 0 bridgehead atoms. The van der Waals surface area contributed by atoms with E-state index in [1.807, 2.05) is 12.1 Å². The molecular formula is C12H14N2O2. The van der Waals surface area contributed by atoms with Crippen LogP contribution in [-0.4, -0.2) is 16.6 Å². The van der Waals surface area contributed by atoms with Crippen LogP contribution in [0.3, 0.4) is 0 Å². The van der Waals surface area contributed by atoms with E-state index in [0.717, 1.165) is 17.7 Å². The molecule has 0 aliphatic carbocycles. The molecule has 2 rings (SSSR count). The van der Waals surface area contributed by atoms with Gasteiger partial charge in [-0.1, -0.05) is 12.1 Å². The molecule has 0 unspecified atom stereocenters. The lowest BCUT2D eigenvalue weighted by atomic mass is 10.1. The highest BCUT2D eigenvalue weighted by molar-refractivity contribution is 5.27. The van der Waals surface area contributed by atoms with Crippen molar-refractivity contribution in [3.05, 3.63) is 47.7 Å². The Balaban J connectivity index is 2.05. The first kappa shape index (κ1) is 10.7. The smallest absolute Gasteiger partial charge is 0.198 e. The summed E-state index contributed by atoms with van der Waals surface area (Å²) < 4.78 is 5.32. The van der Waals surface area contributed by atoms with Crippen LogP contribution in [0.2, 0.25) is 0 Å². The van der Waals surface area contributed by atoms with Crippen LogP contribution in [0.4, 0.5) is 0 Å². The van der Waals surface area contributed by atoms with Gasteiger partial charge >= 0.3 is 0 Å². The van der Waals surface area contributed by atoms with Gasteiger partial charge < -0.3 is 15.3 Å². The molecule has 16 heavy (non-hydrogen) atoms. The highest BCUT2D eigenvalue weighted by atomic mass is 16.3. The Bertz CT molecular complexity index is 448. The standard InChI is InChI=1S/C12H14N2O2/c13-6-5-10-8-16-12(14-10)7-9-1-3-11(15)4-2-9/h1-4,8,15H,5-7,13H2. The van der Waals surface area contributed by atoms with Crippen LogP contribution in [0.25, 0.3) is 0 Å². The van der Waals surface area contributed by atoms with Gasteiger partial charge in [-0.15, -0.1) is 0 Å². The summed E-state index contributed by atoms with van der Waals surface area (Å²) in [7, 11) is 0. The van der Waals surface area contributed by atoms with Crippen molar-refractivity contribution in [3.8, 4) is 5.75 Å². The van der Waals surface area contributed by atoms with Gasteiger partial charge in [-0.05, 0) is 24.2 Å². The number of nitrogens with two attached hydrogens (primary N) is 1. The summed E-state index contributed by atoms with van der Waals surface area (Å²) >= 11 is 0. The zero-order valence-corrected chi connectivity index (χ0v) is 8.89. The lowest BCUT2D eigenvalue weighted by Gasteiger charge is -1.97. The van der Waals surface area contributed by atoms with Crippen LogP contribution in [0.5, 0.6) is 5.75 Å². The van der Waals surface area contributed by atoms with Gasteiger partial charge in [-0.3, -0.25) is 0 Å². The molecule has 0 fully saturated rings. The fraction of sp³-hybridized carbons (Fsp3) is 0.250. The van der Waals surface area contributed by atoms with E-state index in [1.165, 1.54) is 0 Å². The first-order valence-corrected chi connectivity index (χ1v) is 5.19. The number of phenolic OH excluding ortho intramolecular Hbond substituents is 1. The van der Waals surface area contributed by atoms with Crippen molar-refractivity contribution in [2.45, 2.75) is 12.8 Å². The Hall–Kier alpha value is -1.81. The van der Waals surface area contributed by atoms with E-state index in [9.17, 15) is 0 Å². The number of aromatic nitrogens is 1. The Morgan fingerprint density at radius 3 is 2.69 bits per heavy atom. The van der Waals surface area contributed by atoms with Crippen molar-refractivity contribution >= 4 is 0 Å². The van der Waals surface area contributed by atoms with E-state index in [0.29, 0.717) is 18.9 Å². The molecule has 0 aliphatic heterocycles. The van der Waals surface area contributed by atoms with Crippen LogP contribution in [0, 0.1) is 0 Å². The van der Waals surface area contributed by atoms with Crippen LogP contribution < -0.4 is 5.73 Å². The summed E-state index contributed by atoms with van der Waals surface area (Å²) in [6, 6.07) is 7.00. The molecule has 0 amide bonds. The Morgan fingerprint density at radius 2 is 2.00 bits per heavy atom. The van der Waals surface area contributed by atoms with Gasteiger partial charge in [0.2, 0.25) is 0 Å². The normalized spacial score (nSPS) is 10.6. The molecule has 3 N–H and O–H groups in total. The number of hydrogen-bond donors (Lipinski definition) is 2. The van der Waals surface area contributed by atoms with Gasteiger partial charge in [0.15, 0.2) is 5.89 Å². The average Bonchev–Trinajstić information content (AvgIpc) is 2.70. The molecule has 84 valence electrons. The molecule has 4 heteroatoms. The molecule has 1 aromatic heterocycles. The number of hydrogen-bond acceptors (Lipinski definition) is 4. The summed E-state index contributed by atoms with van der Waals surface area (Å²) in [5.74, 6) is 0.939. The maximum absolute atomic E-state index is 9.14. The fourth-order valence-electron chi connectivity index (χ4n) is 1.48. The molecular weight excluding hydrogens is 204 g/mol. The van der Waals surface area contributed by atoms with Gasteiger partial charge in [0, 0.05) is 12.8 Å². The minimum atomic E-state index is 0.264. The quantitative estimate of drug-likeness (QED) is 0.815. The minimum Gasteiger partial charge on any atom is -0.508 e. The molecule has 0 spiro atoms. The molecule has 1 heterocycles. The lowest BCUT2D eigenvalue weighted by Crippen LogP contribution is -2.02. The summed E-state index contributed by atoms with van der Waals surface area (Å²) in [6.07, 6.45) is 3.01. The van der Waals surface area contributed by atoms with Crippen LogP contribution >= 0.6 is 0 Å². The minimum absolute atomic E-state index is 0.264. The molecule has 2 aromatic rings. The number of oxazole rings is 1. The number of phenols is 1. The maximum atomic E-state index is 9.14.